The predicted octanol–water partition coefficient (Wildman–Crippen LogP) is 4.72. The Morgan fingerprint density at radius 2 is 1.73 bits per heavy atom. The van der Waals surface area contributed by atoms with Crippen LogP contribution in [0.25, 0.3) is 33.2 Å². The van der Waals surface area contributed by atoms with Crippen LogP contribution in [0.5, 0.6) is 11.5 Å². The van der Waals surface area contributed by atoms with Crippen molar-refractivity contribution in [2.75, 3.05) is 33.2 Å². The number of pyridine rings is 1. The molecule has 1 unspecified atom stereocenters. The number of fused-ring (bicyclic) bond motifs is 2. The van der Waals surface area contributed by atoms with Crippen molar-refractivity contribution in [2.24, 2.45) is 0 Å². The summed E-state index contributed by atoms with van der Waals surface area (Å²) in [6.45, 7) is 2.78. The number of carbonyl (C=O) groups excluding carboxylic acids is 1. The van der Waals surface area contributed by atoms with Crippen LogP contribution in [-0.2, 0) is 4.79 Å². The molecule has 5 aromatic rings. The molecule has 8 heteroatoms. The van der Waals surface area contributed by atoms with Gasteiger partial charge in [-0.1, -0.05) is 42.5 Å². The Balaban J connectivity index is 1.56. The number of hydrogen-bond donors (Lipinski definition) is 2. The summed E-state index contributed by atoms with van der Waals surface area (Å²) in [5.41, 5.74) is 2.15. The highest BCUT2D eigenvalue weighted by molar-refractivity contribution is 5.91. The number of piperazine rings is 1. The third-order valence-electron chi connectivity index (χ3n) is 7.67. The summed E-state index contributed by atoms with van der Waals surface area (Å²) in [6.07, 6.45) is 1.76. The second kappa shape index (κ2) is 10.5. The van der Waals surface area contributed by atoms with E-state index in [0.717, 1.165) is 35.6 Å². The van der Waals surface area contributed by atoms with Crippen LogP contribution in [0.2, 0.25) is 0 Å². The van der Waals surface area contributed by atoms with Crippen LogP contribution < -0.4 is 5.43 Å². The highest BCUT2D eigenvalue weighted by Crippen LogP contribution is 2.43. The maximum Gasteiger partial charge on any atom is 0.223 e. The highest BCUT2D eigenvalue weighted by Gasteiger charge is 2.30. The molecule has 0 spiro atoms. The SMILES string of the molecule is CN1CCN(C(=O)CC(c2ccc3ncccc3c2)c2c(O)cc(O)c3c(=O)cc(-c4ccccc4)oc23)CC1. The van der Waals surface area contributed by atoms with E-state index in [-0.39, 0.29) is 40.4 Å². The Bertz CT molecular complexity index is 1780. The van der Waals surface area contributed by atoms with Gasteiger partial charge in [0.1, 0.15) is 28.2 Å². The fraction of sp³-hybridized carbons (Fsp3) is 0.219. The minimum atomic E-state index is -0.658. The number of rotatable bonds is 5. The van der Waals surface area contributed by atoms with E-state index in [1.165, 1.54) is 6.07 Å². The molecule has 8 nitrogen and oxygen atoms in total. The van der Waals surface area contributed by atoms with Gasteiger partial charge in [-0.15, -0.1) is 0 Å². The summed E-state index contributed by atoms with van der Waals surface area (Å²) in [7, 11) is 2.03. The predicted molar refractivity (Wildman–Crippen MR) is 154 cm³/mol. The van der Waals surface area contributed by atoms with Crippen molar-refractivity contribution in [2.45, 2.75) is 12.3 Å². The van der Waals surface area contributed by atoms with Crippen LogP contribution in [0.4, 0.5) is 0 Å². The van der Waals surface area contributed by atoms with Crippen molar-refractivity contribution in [3.05, 3.63) is 100 Å². The van der Waals surface area contributed by atoms with E-state index in [2.05, 4.69) is 9.88 Å². The van der Waals surface area contributed by atoms with Crippen LogP contribution in [0.1, 0.15) is 23.5 Å². The zero-order valence-corrected chi connectivity index (χ0v) is 22.1. The number of aromatic nitrogens is 1. The first-order valence-electron chi connectivity index (χ1n) is 13.3. The minimum Gasteiger partial charge on any atom is -0.507 e. The van der Waals surface area contributed by atoms with Crippen molar-refractivity contribution in [3.63, 3.8) is 0 Å². The van der Waals surface area contributed by atoms with E-state index in [1.54, 1.807) is 6.20 Å². The number of phenols is 2. The Kier molecular flexibility index (Phi) is 6.69. The standard InChI is InChI=1S/C32H29N3O5/c1-34-12-14-35(15-13-34)29(39)17-23(21-9-10-24-22(16-21)8-5-11-33-24)30-25(36)18-26(37)31-27(38)19-28(40-32(30)31)20-6-3-2-4-7-20/h2-11,16,18-19,23,36-37H,12-15,17H2,1H3. The number of carbonyl (C=O) groups is 1. The summed E-state index contributed by atoms with van der Waals surface area (Å²) in [5.74, 6) is -1.05. The van der Waals surface area contributed by atoms with E-state index in [9.17, 15) is 19.8 Å². The molecular weight excluding hydrogens is 506 g/mol. The number of hydrogen-bond acceptors (Lipinski definition) is 7. The first-order chi connectivity index (χ1) is 19.4. The van der Waals surface area contributed by atoms with E-state index in [0.29, 0.717) is 24.4 Å². The van der Waals surface area contributed by atoms with Gasteiger partial charge in [-0.05, 0) is 30.8 Å². The average Bonchev–Trinajstić information content (AvgIpc) is 2.96. The normalized spacial score (nSPS) is 15.0. The van der Waals surface area contributed by atoms with E-state index >= 15 is 0 Å². The molecule has 40 heavy (non-hydrogen) atoms. The Labute approximate surface area is 230 Å². The molecule has 0 radical (unpaired) electrons. The van der Waals surface area contributed by atoms with E-state index in [4.69, 9.17) is 4.42 Å². The zero-order valence-electron chi connectivity index (χ0n) is 22.1. The minimum absolute atomic E-state index is 0.0352. The van der Waals surface area contributed by atoms with Gasteiger partial charge >= 0.3 is 0 Å². The van der Waals surface area contributed by atoms with Crippen LogP contribution in [0, 0.1) is 0 Å². The fourth-order valence-electron chi connectivity index (χ4n) is 5.46. The molecule has 3 heterocycles. The quantitative estimate of drug-likeness (QED) is 0.336. The van der Waals surface area contributed by atoms with Crippen LogP contribution >= 0.6 is 0 Å². The lowest BCUT2D eigenvalue weighted by molar-refractivity contribution is -0.133. The number of amides is 1. The van der Waals surface area contributed by atoms with Crippen molar-refractivity contribution in [1.29, 1.82) is 0 Å². The molecular formula is C32H29N3O5. The van der Waals surface area contributed by atoms with E-state index < -0.39 is 11.3 Å². The molecule has 1 aliphatic heterocycles. The van der Waals surface area contributed by atoms with Crippen LogP contribution in [-0.4, -0.2) is 64.1 Å². The molecule has 0 aliphatic carbocycles. The fourth-order valence-corrected chi connectivity index (χ4v) is 5.46. The summed E-state index contributed by atoms with van der Waals surface area (Å²) in [5, 5.41) is 22.8. The topological polar surface area (TPSA) is 107 Å². The van der Waals surface area contributed by atoms with Gasteiger partial charge < -0.3 is 24.4 Å². The summed E-state index contributed by atoms with van der Waals surface area (Å²) >= 11 is 0. The van der Waals surface area contributed by atoms with Crippen molar-refractivity contribution < 1.29 is 19.4 Å². The lowest BCUT2D eigenvalue weighted by atomic mass is 9.85. The number of phenolic OH excluding ortho intramolecular Hbond substituents is 2. The molecule has 0 bridgehead atoms. The van der Waals surface area contributed by atoms with Gasteiger partial charge in [0.05, 0.1) is 5.52 Å². The molecule has 1 atom stereocenters. The Hall–Kier alpha value is -4.69. The second-order valence-electron chi connectivity index (χ2n) is 10.3. The molecule has 3 aromatic carbocycles. The monoisotopic (exact) mass is 535 g/mol. The lowest BCUT2D eigenvalue weighted by Crippen LogP contribution is -2.47. The lowest BCUT2D eigenvalue weighted by Gasteiger charge is -2.33. The first-order valence-corrected chi connectivity index (χ1v) is 13.3. The Morgan fingerprint density at radius 1 is 0.950 bits per heavy atom. The largest absolute Gasteiger partial charge is 0.507 e. The Morgan fingerprint density at radius 3 is 2.50 bits per heavy atom. The smallest absolute Gasteiger partial charge is 0.223 e. The van der Waals surface area contributed by atoms with Gasteiger partial charge in [0.15, 0.2) is 5.43 Å². The van der Waals surface area contributed by atoms with Crippen molar-refractivity contribution >= 4 is 27.8 Å². The van der Waals surface area contributed by atoms with Gasteiger partial charge in [-0.25, -0.2) is 0 Å². The molecule has 1 fully saturated rings. The molecule has 0 saturated carbocycles. The average molecular weight is 536 g/mol. The van der Waals surface area contributed by atoms with Crippen LogP contribution in [0.3, 0.4) is 0 Å². The third kappa shape index (κ3) is 4.78. The zero-order chi connectivity index (χ0) is 27.8. The number of benzene rings is 3. The summed E-state index contributed by atoms with van der Waals surface area (Å²) in [6, 6.07) is 21.1. The maximum atomic E-state index is 13.7. The summed E-state index contributed by atoms with van der Waals surface area (Å²) < 4.78 is 6.29. The molecule has 2 N–H and O–H groups in total. The number of likely N-dealkylation sites (N-methyl/N-ethyl adjacent to an activating group) is 1. The molecule has 6 rings (SSSR count). The molecule has 202 valence electrons. The van der Waals surface area contributed by atoms with Gasteiger partial charge in [0, 0.05) is 73.4 Å². The molecule has 1 aliphatic rings. The van der Waals surface area contributed by atoms with Gasteiger partial charge in [0.25, 0.3) is 0 Å². The second-order valence-corrected chi connectivity index (χ2v) is 10.3. The maximum absolute atomic E-state index is 13.7. The third-order valence-corrected chi connectivity index (χ3v) is 7.67. The number of aromatic hydroxyl groups is 2. The van der Waals surface area contributed by atoms with E-state index in [1.807, 2.05) is 72.6 Å². The highest BCUT2D eigenvalue weighted by atomic mass is 16.3. The first kappa shape index (κ1) is 25.6. The molecule has 1 amide bonds. The molecule has 1 saturated heterocycles. The number of nitrogens with zero attached hydrogens (tertiary/aromatic N) is 3. The van der Waals surface area contributed by atoms with Crippen LogP contribution in [0.15, 0.2) is 88.2 Å². The molecule has 2 aromatic heterocycles. The van der Waals surface area contributed by atoms with Crippen molar-refractivity contribution in [1.82, 2.24) is 14.8 Å². The van der Waals surface area contributed by atoms with Crippen molar-refractivity contribution in [3.8, 4) is 22.8 Å². The van der Waals surface area contributed by atoms with Gasteiger partial charge in [-0.2, -0.15) is 0 Å². The van der Waals surface area contributed by atoms with Gasteiger partial charge in [0.2, 0.25) is 5.91 Å². The van der Waals surface area contributed by atoms with Gasteiger partial charge in [-0.3, -0.25) is 14.6 Å². The summed E-state index contributed by atoms with van der Waals surface area (Å²) in [4.78, 5) is 35.4.